The lowest BCUT2D eigenvalue weighted by atomic mass is 10.2. The molecule has 2 aromatic carbocycles. The normalized spacial score (nSPS) is 14.7. The minimum absolute atomic E-state index is 0.0475. The van der Waals surface area contributed by atoms with Crippen LogP contribution >= 0.6 is 15.9 Å². The zero-order valence-corrected chi connectivity index (χ0v) is 12.7. The molecule has 1 heterocycles. The average Bonchev–Trinajstić information content (AvgIpc) is 3.20. The van der Waals surface area contributed by atoms with Gasteiger partial charge in [-0.3, -0.25) is 0 Å². The summed E-state index contributed by atoms with van der Waals surface area (Å²) in [4.78, 5) is 4.69. The van der Waals surface area contributed by atoms with E-state index < -0.39 is 0 Å². The van der Waals surface area contributed by atoms with Gasteiger partial charge in [-0.15, -0.1) is 0 Å². The topological polar surface area (TPSA) is 58.3 Å². The van der Waals surface area contributed by atoms with Crippen molar-refractivity contribution in [2.45, 2.75) is 18.9 Å². The number of hydrogen-bond donors (Lipinski definition) is 2. The second kappa shape index (κ2) is 4.49. The van der Waals surface area contributed by atoms with Crippen LogP contribution in [-0.2, 0) is 0 Å². The molecule has 106 valence electrons. The van der Waals surface area contributed by atoms with E-state index in [0.29, 0.717) is 11.6 Å². The highest BCUT2D eigenvalue weighted by molar-refractivity contribution is 9.10. The first kappa shape index (κ1) is 12.7. The Bertz CT molecular complexity index is 853. The molecule has 1 aliphatic carbocycles. The minimum Gasteiger partial charge on any atom is -0.508 e. The Morgan fingerprint density at radius 2 is 1.90 bits per heavy atom. The molecule has 5 heteroatoms. The summed E-state index contributed by atoms with van der Waals surface area (Å²) in [6.45, 7) is 0. The molecule has 1 fully saturated rings. The van der Waals surface area contributed by atoms with Crippen LogP contribution in [0.4, 0.5) is 0 Å². The zero-order chi connectivity index (χ0) is 14.6. The van der Waals surface area contributed by atoms with E-state index in [1.807, 2.05) is 18.2 Å². The van der Waals surface area contributed by atoms with E-state index in [-0.39, 0.29) is 11.5 Å². The molecule has 0 spiro atoms. The zero-order valence-electron chi connectivity index (χ0n) is 11.1. The van der Waals surface area contributed by atoms with Crippen LogP contribution in [0, 0.1) is 0 Å². The number of hydrogen-bond acceptors (Lipinski definition) is 3. The fraction of sp³-hybridized carbons (Fsp3) is 0.188. The van der Waals surface area contributed by atoms with Crippen LogP contribution < -0.4 is 0 Å². The molecule has 0 atom stereocenters. The van der Waals surface area contributed by atoms with Gasteiger partial charge in [-0.25, -0.2) is 4.98 Å². The van der Waals surface area contributed by atoms with E-state index in [1.54, 1.807) is 12.1 Å². The van der Waals surface area contributed by atoms with Gasteiger partial charge in [0, 0.05) is 16.6 Å². The lowest BCUT2D eigenvalue weighted by Gasteiger charge is -2.09. The Hall–Kier alpha value is -2.01. The predicted octanol–water partition coefficient (Wildman–Crippen LogP) is 4.21. The van der Waals surface area contributed by atoms with E-state index in [0.717, 1.165) is 34.2 Å². The SMILES string of the molecule is Oc1ccc(-c2nc3cc(Br)ccc3n2C2CC2)c(O)c1. The summed E-state index contributed by atoms with van der Waals surface area (Å²) in [6.07, 6.45) is 2.26. The standard InChI is InChI=1S/C16H13BrN2O2/c17-9-1-6-14-13(7-9)18-16(19(14)10-2-3-10)12-5-4-11(20)8-15(12)21/h1,4-8,10,20-21H,2-3H2. The van der Waals surface area contributed by atoms with E-state index in [4.69, 9.17) is 0 Å². The molecule has 1 saturated carbocycles. The number of rotatable bonds is 2. The van der Waals surface area contributed by atoms with Gasteiger partial charge in [-0.2, -0.15) is 0 Å². The fourth-order valence-electron chi connectivity index (χ4n) is 2.67. The minimum atomic E-state index is 0.0475. The maximum absolute atomic E-state index is 10.1. The highest BCUT2D eigenvalue weighted by atomic mass is 79.9. The first-order chi connectivity index (χ1) is 10.1. The Morgan fingerprint density at radius 3 is 2.62 bits per heavy atom. The van der Waals surface area contributed by atoms with Crippen molar-refractivity contribution in [1.29, 1.82) is 0 Å². The third kappa shape index (κ3) is 2.08. The molecule has 0 unspecified atom stereocenters. The number of aromatic nitrogens is 2. The Balaban J connectivity index is 2.01. The number of nitrogens with zero attached hydrogens (tertiary/aromatic N) is 2. The molecule has 1 aromatic heterocycles. The first-order valence-corrected chi connectivity index (χ1v) is 7.62. The molecule has 1 aliphatic rings. The fourth-order valence-corrected chi connectivity index (χ4v) is 3.02. The van der Waals surface area contributed by atoms with Crippen molar-refractivity contribution < 1.29 is 10.2 Å². The molecule has 3 aromatic rings. The lowest BCUT2D eigenvalue weighted by molar-refractivity contribution is 0.451. The first-order valence-electron chi connectivity index (χ1n) is 6.83. The van der Waals surface area contributed by atoms with E-state index >= 15 is 0 Å². The van der Waals surface area contributed by atoms with Gasteiger partial charge >= 0.3 is 0 Å². The number of imidazole rings is 1. The van der Waals surface area contributed by atoms with Crippen LogP contribution in [0.1, 0.15) is 18.9 Å². The van der Waals surface area contributed by atoms with Crippen molar-refractivity contribution in [2.75, 3.05) is 0 Å². The second-order valence-corrected chi connectivity index (χ2v) is 6.29. The van der Waals surface area contributed by atoms with Crippen LogP contribution in [0.2, 0.25) is 0 Å². The summed E-state index contributed by atoms with van der Waals surface area (Å²) in [5.74, 6) is 0.849. The van der Waals surface area contributed by atoms with Crippen LogP contribution in [0.25, 0.3) is 22.4 Å². The summed E-state index contributed by atoms with van der Waals surface area (Å²) in [5.41, 5.74) is 2.62. The molecule has 0 saturated heterocycles. The summed E-state index contributed by atoms with van der Waals surface area (Å²) in [5, 5.41) is 19.6. The highest BCUT2D eigenvalue weighted by Crippen LogP contribution is 2.43. The van der Waals surface area contributed by atoms with Gasteiger partial charge in [0.05, 0.1) is 16.6 Å². The van der Waals surface area contributed by atoms with Crippen molar-refractivity contribution in [3.8, 4) is 22.9 Å². The summed E-state index contributed by atoms with van der Waals surface area (Å²) >= 11 is 3.47. The van der Waals surface area contributed by atoms with Gasteiger partial charge in [0.2, 0.25) is 0 Å². The van der Waals surface area contributed by atoms with Crippen molar-refractivity contribution in [3.63, 3.8) is 0 Å². The predicted molar refractivity (Wildman–Crippen MR) is 84.5 cm³/mol. The van der Waals surface area contributed by atoms with E-state index in [9.17, 15) is 10.2 Å². The van der Waals surface area contributed by atoms with Crippen LogP contribution in [0.5, 0.6) is 11.5 Å². The maximum atomic E-state index is 10.1. The highest BCUT2D eigenvalue weighted by Gasteiger charge is 2.29. The molecule has 0 bridgehead atoms. The molecular formula is C16H13BrN2O2. The third-order valence-corrected chi connectivity index (χ3v) is 4.28. The molecule has 4 rings (SSSR count). The Kier molecular flexibility index (Phi) is 2.72. The van der Waals surface area contributed by atoms with Crippen molar-refractivity contribution >= 4 is 27.0 Å². The van der Waals surface area contributed by atoms with Crippen LogP contribution in [0.15, 0.2) is 40.9 Å². The molecule has 0 aliphatic heterocycles. The Labute approximate surface area is 129 Å². The summed E-state index contributed by atoms with van der Waals surface area (Å²) in [7, 11) is 0. The molecule has 0 amide bonds. The molecule has 4 nitrogen and oxygen atoms in total. The van der Waals surface area contributed by atoms with Crippen molar-refractivity contribution in [2.24, 2.45) is 0 Å². The number of phenols is 2. The van der Waals surface area contributed by atoms with Crippen molar-refractivity contribution in [3.05, 3.63) is 40.9 Å². The number of halogens is 1. The molecule has 2 N–H and O–H groups in total. The third-order valence-electron chi connectivity index (χ3n) is 3.79. The molecule has 21 heavy (non-hydrogen) atoms. The number of fused-ring (bicyclic) bond motifs is 1. The van der Waals surface area contributed by atoms with Gasteiger partial charge < -0.3 is 14.8 Å². The molecular weight excluding hydrogens is 332 g/mol. The maximum Gasteiger partial charge on any atom is 0.145 e. The second-order valence-electron chi connectivity index (χ2n) is 5.37. The van der Waals surface area contributed by atoms with E-state index in [2.05, 4.69) is 25.5 Å². The van der Waals surface area contributed by atoms with Gasteiger partial charge in [0.1, 0.15) is 17.3 Å². The quantitative estimate of drug-likeness (QED) is 0.731. The summed E-state index contributed by atoms with van der Waals surface area (Å²) in [6, 6.07) is 11.1. The Morgan fingerprint density at radius 1 is 1.10 bits per heavy atom. The van der Waals surface area contributed by atoms with E-state index in [1.165, 1.54) is 6.07 Å². The smallest absolute Gasteiger partial charge is 0.145 e. The van der Waals surface area contributed by atoms with Crippen LogP contribution in [-0.4, -0.2) is 19.8 Å². The number of benzene rings is 2. The largest absolute Gasteiger partial charge is 0.508 e. The van der Waals surface area contributed by atoms with Crippen LogP contribution in [0.3, 0.4) is 0 Å². The monoisotopic (exact) mass is 344 g/mol. The number of phenolic OH excluding ortho intramolecular Hbond substituents is 2. The lowest BCUT2D eigenvalue weighted by Crippen LogP contribution is -1.97. The van der Waals surface area contributed by atoms with Gasteiger partial charge in [-0.1, -0.05) is 15.9 Å². The van der Waals surface area contributed by atoms with Gasteiger partial charge in [0.25, 0.3) is 0 Å². The van der Waals surface area contributed by atoms with Gasteiger partial charge in [-0.05, 0) is 43.2 Å². The average molecular weight is 345 g/mol. The van der Waals surface area contributed by atoms with Crippen molar-refractivity contribution in [1.82, 2.24) is 9.55 Å². The van der Waals surface area contributed by atoms with Gasteiger partial charge in [0.15, 0.2) is 0 Å². The summed E-state index contributed by atoms with van der Waals surface area (Å²) < 4.78 is 3.17. The molecule has 0 radical (unpaired) electrons. The number of aromatic hydroxyl groups is 2.